The largest absolute Gasteiger partial charge is 0.370 e. The van der Waals surface area contributed by atoms with Crippen LogP contribution < -0.4 is 17.2 Å². The Labute approximate surface area is 93.3 Å². The van der Waals surface area contributed by atoms with Gasteiger partial charge in [0, 0.05) is 6.54 Å². The minimum absolute atomic E-state index is 0.205. The van der Waals surface area contributed by atoms with E-state index in [1.807, 2.05) is 0 Å². The number of nitrogens with zero attached hydrogens (tertiary/aromatic N) is 1. The number of hydrogen-bond acceptors (Lipinski definition) is 2. The lowest BCUT2D eigenvalue weighted by Gasteiger charge is -2.00. The number of guanidine groups is 1. The Bertz CT molecular complexity index is 153. The summed E-state index contributed by atoms with van der Waals surface area (Å²) in [6, 6.07) is 0. The first kappa shape index (κ1) is 14.2. The summed E-state index contributed by atoms with van der Waals surface area (Å²) in [5, 5.41) is 0. The Morgan fingerprint density at radius 3 is 1.67 bits per heavy atom. The second kappa shape index (κ2) is 11.3. The topological polar surface area (TPSA) is 90.4 Å². The van der Waals surface area contributed by atoms with Gasteiger partial charge >= 0.3 is 0 Å². The average molecular weight is 214 g/mol. The van der Waals surface area contributed by atoms with Gasteiger partial charge < -0.3 is 17.2 Å². The molecule has 0 aliphatic carbocycles. The highest BCUT2D eigenvalue weighted by molar-refractivity contribution is 5.75. The van der Waals surface area contributed by atoms with Crippen molar-refractivity contribution in [2.24, 2.45) is 22.2 Å². The molecule has 0 unspecified atom stereocenters. The van der Waals surface area contributed by atoms with Crippen molar-refractivity contribution in [3.8, 4) is 0 Å². The fourth-order valence-electron chi connectivity index (χ4n) is 1.52. The third-order valence-corrected chi connectivity index (χ3v) is 2.41. The molecule has 0 aromatic rings. The van der Waals surface area contributed by atoms with Crippen LogP contribution in [0.3, 0.4) is 0 Å². The molecule has 0 saturated carbocycles. The summed E-state index contributed by atoms with van der Waals surface area (Å²) >= 11 is 0. The van der Waals surface area contributed by atoms with Gasteiger partial charge in [-0.25, -0.2) is 0 Å². The molecule has 0 aromatic heterocycles. The fraction of sp³-hybridized carbons (Fsp3) is 0.909. The maximum Gasteiger partial charge on any atom is 0.185 e. The van der Waals surface area contributed by atoms with Crippen LogP contribution >= 0.6 is 0 Å². The molecule has 0 bridgehead atoms. The molecule has 0 saturated heterocycles. The summed E-state index contributed by atoms with van der Waals surface area (Å²) < 4.78 is 0. The first-order chi connectivity index (χ1) is 7.27. The minimum Gasteiger partial charge on any atom is -0.370 e. The molecule has 4 nitrogen and oxygen atoms in total. The second-order valence-electron chi connectivity index (χ2n) is 3.92. The molecule has 0 radical (unpaired) electrons. The highest BCUT2D eigenvalue weighted by Crippen LogP contribution is 2.08. The van der Waals surface area contributed by atoms with E-state index in [0.29, 0.717) is 0 Å². The first-order valence-corrected chi connectivity index (χ1v) is 6.03. The summed E-state index contributed by atoms with van der Waals surface area (Å²) in [5.41, 5.74) is 15.9. The SMILES string of the molecule is NCCCCCCCCCCN=C(N)N. The van der Waals surface area contributed by atoms with Gasteiger partial charge in [0.1, 0.15) is 0 Å². The van der Waals surface area contributed by atoms with Crippen LogP contribution in [-0.4, -0.2) is 19.0 Å². The maximum atomic E-state index is 5.42. The summed E-state index contributed by atoms with van der Waals surface area (Å²) in [6.07, 6.45) is 10.1. The molecule has 0 aromatic carbocycles. The van der Waals surface area contributed by atoms with Crippen molar-refractivity contribution in [3.05, 3.63) is 0 Å². The molecule has 0 amide bonds. The number of hydrogen-bond donors (Lipinski definition) is 3. The van der Waals surface area contributed by atoms with Crippen LogP contribution in [0.4, 0.5) is 0 Å². The van der Waals surface area contributed by atoms with Gasteiger partial charge in [0.15, 0.2) is 5.96 Å². The third kappa shape index (κ3) is 13.2. The molecule has 0 spiro atoms. The van der Waals surface area contributed by atoms with E-state index in [4.69, 9.17) is 17.2 Å². The highest BCUT2D eigenvalue weighted by Gasteiger charge is 1.91. The maximum absolute atomic E-state index is 5.42. The van der Waals surface area contributed by atoms with Gasteiger partial charge in [-0.05, 0) is 19.4 Å². The van der Waals surface area contributed by atoms with Crippen LogP contribution in [-0.2, 0) is 0 Å². The van der Waals surface area contributed by atoms with Crippen LogP contribution in [0.5, 0.6) is 0 Å². The predicted octanol–water partition coefficient (Wildman–Crippen LogP) is 1.34. The molecule has 15 heavy (non-hydrogen) atoms. The Kier molecular flexibility index (Phi) is 10.7. The summed E-state index contributed by atoms with van der Waals surface area (Å²) in [4.78, 5) is 3.94. The molecule has 0 rings (SSSR count). The predicted molar refractivity (Wildman–Crippen MR) is 66.7 cm³/mol. The van der Waals surface area contributed by atoms with Crippen molar-refractivity contribution in [3.63, 3.8) is 0 Å². The zero-order valence-corrected chi connectivity index (χ0v) is 9.75. The van der Waals surface area contributed by atoms with E-state index in [1.165, 1.54) is 44.9 Å². The van der Waals surface area contributed by atoms with Crippen molar-refractivity contribution in [1.29, 1.82) is 0 Å². The lowest BCUT2D eigenvalue weighted by Crippen LogP contribution is -2.22. The lowest BCUT2D eigenvalue weighted by molar-refractivity contribution is 0.572. The van der Waals surface area contributed by atoms with Crippen LogP contribution in [0.2, 0.25) is 0 Å². The van der Waals surface area contributed by atoms with Crippen LogP contribution in [0.1, 0.15) is 51.4 Å². The highest BCUT2D eigenvalue weighted by atomic mass is 15.0. The van der Waals surface area contributed by atoms with E-state index in [-0.39, 0.29) is 5.96 Å². The third-order valence-electron chi connectivity index (χ3n) is 2.41. The Morgan fingerprint density at radius 1 is 0.733 bits per heavy atom. The molecule has 0 heterocycles. The van der Waals surface area contributed by atoms with E-state index in [9.17, 15) is 0 Å². The molecule has 4 heteroatoms. The Balaban J connectivity index is 2.96. The summed E-state index contributed by atoms with van der Waals surface area (Å²) in [6.45, 7) is 1.61. The minimum atomic E-state index is 0.205. The van der Waals surface area contributed by atoms with Crippen LogP contribution in [0.25, 0.3) is 0 Å². The van der Waals surface area contributed by atoms with Gasteiger partial charge in [-0.2, -0.15) is 0 Å². The molecular formula is C11H26N4. The van der Waals surface area contributed by atoms with E-state index < -0.39 is 0 Å². The molecule has 6 N–H and O–H groups in total. The van der Waals surface area contributed by atoms with Crippen molar-refractivity contribution in [2.45, 2.75) is 51.4 Å². The first-order valence-electron chi connectivity index (χ1n) is 6.03. The number of unbranched alkanes of at least 4 members (excludes halogenated alkanes) is 7. The van der Waals surface area contributed by atoms with Gasteiger partial charge in [0.2, 0.25) is 0 Å². The Hall–Kier alpha value is -0.770. The quantitative estimate of drug-likeness (QED) is 0.291. The standard InChI is InChI=1S/C11H26N4/c12-9-7-5-3-1-2-4-6-8-10-15-11(13)14/h1-10,12H2,(H4,13,14,15). The van der Waals surface area contributed by atoms with Gasteiger partial charge in [-0.15, -0.1) is 0 Å². The van der Waals surface area contributed by atoms with Gasteiger partial charge in [0.25, 0.3) is 0 Å². The lowest BCUT2D eigenvalue weighted by atomic mass is 10.1. The van der Waals surface area contributed by atoms with E-state index in [2.05, 4.69) is 4.99 Å². The van der Waals surface area contributed by atoms with E-state index in [0.717, 1.165) is 19.5 Å². The summed E-state index contributed by atoms with van der Waals surface area (Å²) in [7, 11) is 0. The van der Waals surface area contributed by atoms with Crippen molar-refractivity contribution < 1.29 is 0 Å². The molecule has 0 fully saturated rings. The summed E-state index contributed by atoms with van der Waals surface area (Å²) in [5.74, 6) is 0.205. The van der Waals surface area contributed by atoms with Gasteiger partial charge in [-0.1, -0.05) is 38.5 Å². The van der Waals surface area contributed by atoms with Crippen molar-refractivity contribution in [2.75, 3.05) is 13.1 Å². The van der Waals surface area contributed by atoms with Crippen molar-refractivity contribution in [1.82, 2.24) is 0 Å². The fourth-order valence-corrected chi connectivity index (χ4v) is 1.52. The monoisotopic (exact) mass is 214 g/mol. The van der Waals surface area contributed by atoms with Crippen LogP contribution in [0.15, 0.2) is 4.99 Å². The van der Waals surface area contributed by atoms with Gasteiger partial charge in [-0.3, -0.25) is 4.99 Å². The van der Waals surface area contributed by atoms with E-state index >= 15 is 0 Å². The number of nitrogens with two attached hydrogens (primary N) is 3. The number of rotatable bonds is 10. The molecule has 0 aliphatic heterocycles. The zero-order valence-electron chi connectivity index (χ0n) is 9.75. The van der Waals surface area contributed by atoms with Crippen LogP contribution in [0, 0.1) is 0 Å². The smallest absolute Gasteiger partial charge is 0.185 e. The number of aliphatic imine (C=N–C) groups is 1. The second-order valence-corrected chi connectivity index (χ2v) is 3.92. The molecule has 0 atom stereocenters. The zero-order chi connectivity index (χ0) is 11.4. The Morgan fingerprint density at radius 2 is 1.20 bits per heavy atom. The van der Waals surface area contributed by atoms with Crippen molar-refractivity contribution >= 4 is 5.96 Å². The normalized spacial score (nSPS) is 10.2. The van der Waals surface area contributed by atoms with Gasteiger partial charge in [0.05, 0.1) is 0 Å². The molecule has 0 aliphatic rings. The molecular weight excluding hydrogens is 188 g/mol. The molecule has 90 valence electrons. The average Bonchev–Trinajstić information content (AvgIpc) is 2.20. The van der Waals surface area contributed by atoms with E-state index in [1.54, 1.807) is 0 Å².